The minimum absolute atomic E-state index is 0.0625. The normalized spacial score (nSPS) is 10.8. The van der Waals surface area contributed by atoms with Gasteiger partial charge in [0.25, 0.3) is 0 Å². The average molecular weight is 406 g/mol. The summed E-state index contributed by atoms with van der Waals surface area (Å²) in [6, 6.07) is 15.8. The summed E-state index contributed by atoms with van der Waals surface area (Å²) in [6.07, 6.45) is 8.65. The van der Waals surface area contributed by atoms with E-state index in [4.69, 9.17) is 4.74 Å². The Balaban J connectivity index is 1.61. The fraction of sp³-hybridized carbons (Fsp3) is 0.308. The Hall–Kier alpha value is -3.01. The van der Waals surface area contributed by atoms with Gasteiger partial charge < -0.3 is 4.74 Å². The van der Waals surface area contributed by atoms with Gasteiger partial charge in [-0.2, -0.15) is 0 Å². The summed E-state index contributed by atoms with van der Waals surface area (Å²) in [7, 11) is 0. The molecule has 30 heavy (non-hydrogen) atoms. The van der Waals surface area contributed by atoms with Gasteiger partial charge in [0.05, 0.1) is 11.3 Å². The van der Waals surface area contributed by atoms with E-state index in [0.717, 1.165) is 23.2 Å². The first-order valence-corrected chi connectivity index (χ1v) is 10.7. The summed E-state index contributed by atoms with van der Waals surface area (Å²) < 4.78 is 19.4. The maximum Gasteiger partial charge on any atom is 0.346 e. The van der Waals surface area contributed by atoms with E-state index in [1.807, 2.05) is 31.3 Å². The monoisotopic (exact) mass is 405 g/mol. The molecule has 0 fully saturated rings. The second kappa shape index (κ2) is 10.7. The van der Waals surface area contributed by atoms with Crippen molar-refractivity contribution in [3.8, 4) is 17.0 Å². The number of esters is 1. The van der Waals surface area contributed by atoms with Gasteiger partial charge in [0.1, 0.15) is 11.6 Å². The number of ether oxygens (including phenoxy) is 1. The van der Waals surface area contributed by atoms with Crippen LogP contribution in [0.3, 0.4) is 0 Å². The van der Waals surface area contributed by atoms with Crippen molar-refractivity contribution in [2.75, 3.05) is 0 Å². The molecular weight excluding hydrogens is 377 g/mol. The van der Waals surface area contributed by atoms with E-state index >= 15 is 0 Å². The van der Waals surface area contributed by atoms with Gasteiger partial charge in [-0.3, -0.25) is 4.98 Å². The summed E-state index contributed by atoms with van der Waals surface area (Å²) in [6.45, 7) is 4.15. The molecule has 0 radical (unpaired) electrons. The van der Waals surface area contributed by atoms with E-state index in [0.29, 0.717) is 12.2 Å². The minimum Gasteiger partial charge on any atom is -0.423 e. The highest BCUT2D eigenvalue weighted by Gasteiger charge is 2.14. The first-order chi connectivity index (χ1) is 14.6. The molecule has 2 aromatic carbocycles. The summed E-state index contributed by atoms with van der Waals surface area (Å²) >= 11 is 0. The molecule has 0 unspecified atom stereocenters. The Labute approximate surface area is 177 Å². The number of aryl methyl sites for hydroxylation is 2. The van der Waals surface area contributed by atoms with Gasteiger partial charge in [-0.15, -0.1) is 0 Å². The molecule has 3 rings (SSSR count). The lowest BCUT2D eigenvalue weighted by molar-refractivity contribution is 0.0730. The Morgan fingerprint density at radius 1 is 0.933 bits per heavy atom. The number of pyridine rings is 1. The van der Waals surface area contributed by atoms with Gasteiger partial charge in [-0.25, -0.2) is 9.18 Å². The summed E-state index contributed by atoms with van der Waals surface area (Å²) in [4.78, 5) is 16.8. The van der Waals surface area contributed by atoms with Crippen LogP contribution in [0.4, 0.5) is 4.39 Å². The smallest absolute Gasteiger partial charge is 0.346 e. The molecule has 0 aliphatic heterocycles. The summed E-state index contributed by atoms with van der Waals surface area (Å²) in [5.41, 5.74) is 3.83. The first kappa shape index (κ1) is 21.7. The molecule has 156 valence electrons. The molecule has 0 spiro atoms. The van der Waals surface area contributed by atoms with Crippen LogP contribution in [0.15, 0.2) is 60.8 Å². The van der Waals surface area contributed by atoms with Crippen molar-refractivity contribution < 1.29 is 13.9 Å². The molecule has 3 aromatic rings. The molecule has 3 nitrogen and oxygen atoms in total. The third kappa shape index (κ3) is 5.76. The fourth-order valence-corrected chi connectivity index (χ4v) is 3.30. The number of carbonyl (C=O) groups excluding carboxylic acids is 1. The fourth-order valence-electron chi connectivity index (χ4n) is 3.30. The van der Waals surface area contributed by atoms with E-state index in [1.54, 1.807) is 18.2 Å². The van der Waals surface area contributed by atoms with Crippen LogP contribution in [0, 0.1) is 5.82 Å². The predicted molar refractivity (Wildman–Crippen MR) is 118 cm³/mol. The van der Waals surface area contributed by atoms with Gasteiger partial charge in [-0.1, -0.05) is 45.2 Å². The van der Waals surface area contributed by atoms with Gasteiger partial charge >= 0.3 is 5.97 Å². The van der Waals surface area contributed by atoms with Crippen LogP contribution in [0.1, 0.15) is 61.0 Å². The van der Waals surface area contributed by atoms with Gasteiger partial charge in [0.15, 0.2) is 0 Å². The third-order valence-corrected chi connectivity index (χ3v) is 5.17. The van der Waals surface area contributed by atoms with Gasteiger partial charge in [0, 0.05) is 11.8 Å². The summed E-state index contributed by atoms with van der Waals surface area (Å²) in [5, 5.41) is 0. The highest BCUT2D eigenvalue weighted by Crippen LogP contribution is 2.22. The van der Waals surface area contributed by atoms with Crippen LogP contribution >= 0.6 is 0 Å². The topological polar surface area (TPSA) is 39.2 Å². The van der Waals surface area contributed by atoms with Gasteiger partial charge in [0.2, 0.25) is 0 Å². The van der Waals surface area contributed by atoms with Crippen molar-refractivity contribution in [2.24, 2.45) is 0 Å². The number of rotatable bonds is 9. The van der Waals surface area contributed by atoms with Gasteiger partial charge in [-0.05, 0) is 72.9 Å². The number of hydrogen-bond acceptors (Lipinski definition) is 3. The van der Waals surface area contributed by atoms with E-state index < -0.39 is 11.8 Å². The van der Waals surface area contributed by atoms with E-state index in [-0.39, 0.29) is 5.56 Å². The van der Waals surface area contributed by atoms with E-state index in [1.165, 1.54) is 43.4 Å². The van der Waals surface area contributed by atoms with Crippen LogP contribution in [-0.2, 0) is 12.8 Å². The van der Waals surface area contributed by atoms with Crippen LogP contribution in [-0.4, -0.2) is 11.0 Å². The van der Waals surface area contributed by atoms with Crippen molar-refractivity contribution in [3.63, 3.8) is 0 Å². The van der Waals surface area contributed by atoms with Crippen molar-refractivity contribution in [3.05, 3.63) is 83.3 Å². The molecular formula is C26H28FNO2. The lowest BCUT2D eigenvalue weighted by Crippen LogP contribution is -2.11. The molecule has 0 N–H and O–H groups in total. The number of hydrogen-bond donors (Lipinski definition) is 0. The van der Waals surface area contributed by atoms with Crippen LogP contribution in [0.5, 0.6) is 5.75 Å². The molecule has 0 amide bonds. The Bertz CT molecular complexity index is 965. The molecule has 0 saturated heterocycles. The molecule has 4 heteroatoms. The second-order valence-electron chi connectivity index (χ2n) is 7.44. The van der Waals surface area contributed by atoms with E-state index in [9.17, 15) is 9.18 Å². The number of unbranched alkanes of at least 4 members (excludes halogenated alkanes) is 3. The predicted octanol–water partition coefficient (Wildman–Crippen LogP) is 6.79. The third-order valence-electron chi connectivity index (χ3n) is 5.17. The standard InChI is InChI=1S/C26H28FNO2/c1-3-5-6-7-8-20-10-16-25(28-18-20)21-11-13-22(14-12-21)30-26(29)23-15-9-19(4-2)17-24(23)27/h9-18H,3-8H2,1-2H3. The largest absolute Gasteiger partial charge is 0.423 e. The van der Waals surface area contributed by atoms with E-state index in [2.05, 4.69) is 18.0 Å². The first-order valence-electron chi connectivity index (χ1n) is 10.7. The van der Waals surface area contributed by atoms with Crippen molar-refractivity contribution in [2.45, 2.75) is 52.4 Å². The minimum atomic E-state index is -0.701. The molecule has 1 heterocycles. The summed E-state index contributed by atoms with van der Waals surface area (Å²) in [5.74, 6) is -0.890. The molecule has 0 aliphatic rings. The Morgan fingerprint density at radius 2 is 1.70 bits per heavy atom. The quantitative estimate of drug-likeness (QED) is 0.223. The maximum atomic E-state index is 14.1. The lowest BCUT2D eigenvalue weighted by Gasteiger charge is -2.08. The zero-order chi connectivity index (χ0) is 21.3. The van der Waals surface area contributed by atoms with Crippen LogP contribution in [0.2, 0.25) is 0 Å². The number of halogens is 1. The number of carbonyl (C=O) groups is 1. The highest BCUT2D eigenvalue weighted by atomic mass is 19.1. The molecule has 0 bridgehead atoms. The Morgan fingerprint density at radius 3 is 2.33 bits per heavy atom. The van der Waals surface area contributed by atoms with Crippen LogP contribution in [0.25, 0.3) is 11.3 Å². The number of nitrogens with zero attached hydrogens (tertiary/aromatic N) is 1. The second-order valence-corrected chi connectivity index (χ2v) is 7.44. The number of benzene rings is 2. The number of aromatic nitrogens is 1. The average Bonchev–Trinajstić information content (AvgIpc) is 2.77. The SMILES string of the molecule is CCCCCCc1ccc(-c2ccc(OC(=O)c3ccc(CC)cc3F)cc2)nc1. The molecule has 0 atom stereocenters. The highest BCUT2D eigenvalue weighted by molar-refractivity contribution is 5.91. The zero-order valence-corrected chi connectivity index (χ0v) is 17.7. The molecule has 0 aliphatic carbocycles. The molecule has 0 saturated carbocycles. The van der Waals surface area contributed by atoms with Crippen molar-refractivity contribution in [1.82, 2.24) is 4.98 Å². The van der Waals surface area contributed by atoms with Crippen LogP contribution < -0.4 is 4.74 Å². The molecule has 1 aromatic heterocycles. The van der Waals surface area contributed by atoms with Crippen molar-refractivity contribution >= 4 is 5.97 Å². The maximum absolute atomic E-state index is 14.1. The van der Waals surface area contributed by atoms with Crippen molar-refractivity contribution in [1.29, 1.82) is 0 Å². The zero-order valence-electron chi connectivity index (χ0n) is 17.7. The Kier molecular flexibility index (Phi) is 7.72. The lowest BCUT2D eigenvalue weighted by atomic mass is 10.1.